The Morgan fingerprint density at radius 1 is 1.03 bits per heavy atom. The van der Waals surface area contributed by atoms with Gasteiger partial charge in [-0.15, -0.1) is 10.2 Å². The summed E-state index contributed by atoms with van der Waals surface area (Å²) >= 11 is 13.4. The van der Waals surface area contributed by atoms with E-state index >= 15 is 0 Å². The molecule has 0 radical (unpaired) electrons. The molecule has 36 heavy (non-hydrogen) atoms. The van der Waals surface area contributed by atoms with Crippen LogP contribution in [0.5, 0.6) is 0 Å². The molecule has 1 aromatic heterocycles. The highest BCUT2D eigenvalue weighted by Crippen LogP contribution is 2.24. The van der Waals surface area contributed by atoms with Crippen LogP contribution in [0.25, 0.3) is 0 Å². The highest BCUT2D eigenvalue weighted by Gasteiger charge is 2.24. The highest BCUT2D eigenvalue weighted by atomic mass is 35.5. The van der Waals surface area contributed by atoms with Gasteiger partial charge in [-0.2, -0.15) is 0 Å². The Morgan fingerprint density at radius 3 is 2.42 bits per heavy atom. The van der Waals surface area contributed by atoms with Crippen LogP contribution in [0.3, 0.4) is 0 Å². The average molecular weight is 548 g/mol. The number of aromatic nitrogens is 3. The molecular weight excluding hydrogens is 519 g/mol. The monoisotopic (exact) mass is 546 g/mol. The van der Waals surface area contributed by atoms with Gasteiger partial charge in [-0.3, -0.25) is 9.59 Å². The van der Waals surface area contributed by atoms with Crippen molar-refractivity contribution >= 4 is 52.5 Å². The molecule has 190 valence electrons. The third-order valence-corrected chi connectivity index (χ3v) is 7.75. The molecule has 11 heteroatoms. The third kappa shape index (κ3) is 6.14. The third-order valence-electron chi connectivity index (χ3n) is 6.06. The van der Waals surface area contributed by atoms with Crippen LogP contribution in [0.1, 0.15) is 36.1 Å². The number of para-hydroxylation sites is 1. The zero-order chi connectivity index (χ0) is 25.7. The summed E-state index contributed by atoms with van der Waals surface area (Å²) in [5.74, 6) is 0.706. The van der Waals surface area contributed by atoms with Crippen molar-refractivity contribution in [3.05, 3.63) is 70.0 Å². The van der Waals surface area contributed by atoms with Crippen LogP contribution in [0.15, 0.2) is 53.7 Å². The predicted molar refractivity (Wildman–Crippen MR) is 144 cm³/mol. The predicted octanol–water partition coefficient (Wildman–Crippen LogP) is 4.54. The van der Waals surface area contributed by atoms with Crippen molar-refractivity contribution in [1.29, 1.82) is 0 Å². The van der Waals surface area contributed by atoms with Crippen molar-refractivity contribution < 1.29 is 9.59 Å². The largest absolute Gasteiger partial charge is 0.368 e. The number of piperazine rings is 1. The Labute approximate surface area is 225 Å². The van der Waals surface area contributed by atoms with Gasteiger partial charge in [0.05, 0.1) is 21.8 Å². The summed E-state index contributed by atoms with van der Waals surface area (Å²) in [4.78, 5) is 29.7. The Balaban J connectivity index is 1.32. The van der Waals surface area contributed by atoms with E-state index in [1.807, 2.05) is 41.5 Å². The van der Waals surface area contributed by atoms with E-state index in [1.54, 1.807) is 12.1 Å². The maximum atomic E-state index is 12.9. The van der Waals surface area contributed by atoms with Crippen molar-refractivity contribution in [2.75, 3.05) is 36.8 Å². The number of carbonyl (C=O) groups excluding carboxylic acids is 2. The molecule has 0 saturated carbocycles. The number of halogens is 2. The standard InChI is InChI=1S/C25H28Cl2N6O2S/c1-3-33-23(17(2)28-24(35)18-9-10-20(26)21(27)15-18)29-30-25(33)36-16-22(34)32-13-11-31(12-14-32)19-7-5-4-6-8-19/h4-10,15,17H,3,11-14,16H2,1-2H3,(H,28,35)/t17-/m1/s1. The number of anilines is 1. The fourth-order valence-corrected chi connectivity index (χ4v) is 5.29. The molecule has 3 aromatic rings. The maximum Gasteiger partial charge on any atom is 0.251 e. The molecule has 0 aliphatic carbocycles. The van der Waals surface area contributed by atoms with E-state index < -0.39 is 6.04 Å². The van der Waals surface area contributed by atoms with E-state index in [-0.39, 0.29) is 17.6 Å². The lowest BCUT2D eigenvalue weighted by Crippen LogP contribution is -2.49. The van der Waals surface area contributed by atoms with E-state index in [0.717, 1.165) is 13.1 Å². The molecule has 0 spiro atoms. The Kier molecular flexibility index (Phi) is 8.77. The fraction of sp³-hybridized carbons (Fsp3) is 0.360. The molecular formula is C25H28Cl2N6O2S. The Bertz CT molecular complexity index is 1210. The van der Waals surface area contributed by atoms with Crippen LogP contribution in [0.2, 0.25) is 10.0 Å². The second kappa shape index (κ2) is 12.0. The molecule has 4 rings (SSSR count). The molecule has 1 saturated heterocycles. The first-order chi connectivity index (χ1) is 17.4. The van der Waals surface area contributed by atoms with E-state index in [4.69, 9.17) is 23.2 Å². The normalized spacial score (nSPS) is 14.6. The first-order valence-electron chi connectivity index (χ1n) is 11.8. The van der Waals surface area contributed by atoms with Gasteiger partial charge in [0, 0.05) is 44.0 Å². The van der Waals surface area contributed by atoms with E-state index in [9.17, 15) is 9.59 Å². The molecule has 2 aromatic carbocycles. The van der Waals surface area contributed by atoms with Crippen LogP contribution in [-0.2, 0) is 11.3 Å². The van der Waals surface area contributed by atoms with Gasteiger partial charge in [0.1, 0.15) is 0 Å². The summed E-state index contributed by atoms with van der Waals surface area (Å²) in [6.07, 6.45) is 0. The van der Waals surface area contributed by atoms with E-state index in [0.29, 0.717) is 46.2 Å². The van der Waals surface area contributed by atoms with Gasteiger partial charge in [0.25, 0.3) is 5.91 Å². The lowest BCUT2D eigenvalue weighted by molar-refractivity contribution is -0.128. The summed E-state index contributed by atoms with van der Waals surface area (Å²) < 4.78 is 1.92. The zero-order valence-electron chi connectivity index (χ0n) is 20.2. The molecule has 0 bridgehead atoms. The maximum absolute atomic E-state index is 12.9. The molecule has 8 nitrogen and oxygen atoms in total. The number of carbonyl (C=O) groups is 2. The SMILES string of the molecule is CCn1c(SCC(=O)N2CCN(c3ccccc3)CC2)nnc1[C@@H](C)NC(=O)c1ccc(Cl)c(Cl)c1. The number of hydrogen-bond acceptors (Lipinski definition) is 6. The van der Waals surface area contributed by atoms with Crippen LogP contribution >= 0.6 is 35.0 Å². The Hall–Kier alpha value is -2.75. The van der Waals surface area contributed by atoms with Gasteiger partial charge in [0.15, 0.2) is 11.0 Å². The summed E-state index contributed by atoms with van der Waals surface area (Å²) in [5, 5.41) is 12.9. The van der Waals surface area contributed by atoms with Gasteiger partial charge in [0.2, 0.25) is 5.91 Å². The van der Waals surface area contributed by atoms with Crippen molar-refractivity contribution in [3.63, 3.8) is 0 Å². The van der Waals surface area contributed by atoms with Crippen LogP contribution < -0.4 is 10.2 Å². The number of amides is 2. The number of nitrogens with one attached hydrogen (secondary N) is 1. The number of benzene rings is 2. The van der Waals surface area contributed by atoms with Gasteiger partial charge in [-0.05, 0) is 44.2 Å². The molecule has 1 N–H and O–H groups in total. The summed E-state index contributed by atoms with van der Waals surface area (Å²) in [7, 11) is 0. The molecule has 1 aliphatic heterocycles. The number of thioether (sulfide) groups is 1. The first kappa shape index (κ1) is 26.3. The fourth-order valence-electron chi connectivity index (χ4n) is 4.08. The topological polar surface area (TPSA) is 83.4 Å². The summed E-state index contributed by atoms with van der Waals surface area (Å²) in [6.45, 7) is 7.45. The van der Waals surface area contributed by atoms with Crippen molar-refractivity contribution in [3.8, 4) is 0 Å². The molecule has 0 unspecified atom stereocenters. The summed E-state index contributed by atoms with van der Waals surface area (Å²) in [5.41, 5.74) is 1.59. The minimum absolute atomic E-state index is 0.0842. The average Bonchev–Trinajstić information content (AvgIpc) is 3.32. The first-order valence-corrected chi connectivity index (χ1v) is 13.5. The van der Waals surface area contributed by atoms with Crippen molar-refractivity contribution in [1.82, 2.24) is 25.0 Å². The smallest absolute Gasteiger partial charge is 0.251 e. The van der Waals surface area contributed by atoms with Gasteiger partial charge in [-0.25, -0.2) is 0 Å². The Morgan fingerprint density at radius 2 is 1.75 bits per heavy atom. The molecule has 2 amide bonds. The molecule has 1 atom stereocenters. The molecule has 1 aliphatic rings. The summed E-state index contributed by atoms with van der Waals surface area (Å²) in [6, 6.07) is 14.6. The lowest BCUT2D eigenvalue weighted by atomic mass is 10.2. The van der Waals surface area contributed by atoms with E-state index in [1.165, 1.54) is 23.5 Å². The van der Waals surface area contributed by atoms with Gasteiger partial charge in [-0.1, -0.05) is 53.2 Å². The van der Waals surface area contributed by atoms with Crippen LogP contribution in [0.4, 0.5) is 5.69 Å². The van der Waals surface area contributed by atoms with Crippen LogP contribution in [0, 0.1) is 0 Å². The minimum Gasteiger partial charge on any atom is -0.368 e. The second-order valence-corrected chi connectivity index (χ2v) is 10.2. The lowest BCUT2D eigenvalue weighted by Gasteiger charge is -2.36. The van der Waals surface area contributed by atoms with Crippen LogP contribution in [-0.4, -0.2) is 63.4 Å². The quantitative estimate of drug-likeness (QED) is 0.417. The van der Waals surface area contributed by atoms with Gasteiger partial charge >= 0.3 is 0 Å². The number of hydrogen-bond donors (Lipinski definition) is 1. The minimum atomic E-state index is -0.393. The van der Waals surface area contributed by atoms with Crippen molar-refractivity contribution in [2.45, 2.75) is 31.6 Å². The van der Waals surface area contributed by atoms with Gasteiger partial charge < -0.3 is 19.7 Å². The number of nitrogens with zero attached hydrogens (tertiary/aromatic N) is 5. The molecule has 2 heterocycles. The molecule has 1 fully saturated rings. The number of rotatable bonds is 8. The van der Waals surface area contributed by atoms with E-state index in [2.05, 4.69) is 32.5 Å². The van der Waals surface area contributed by atoms with Crippen molar-refractivity contribution in [2.24, 2.45) is 0 Å². The zero-order valence-corrected chi connectivity index (χ0v) is 22.5. The second-order valence-electron chi connectivity index (χ2n) is 8.40. The highest BCUT2D eigenvalue weighted by molar-refractivity contribution is 7.99.